The first kappa shape index (κ1) is 14.5. The first-order valence-corrected chi connectivity index (χ1v) is 8.28. The molecule has 1 fully saturated rings. The van der Waals surface area contributed by atoms with Crippen LogP contribution in [-0.4, -0.2) is 22.8 Å². The van der Waals surface area contributed by atoms with Crippen molar-refractivity contribution in [3.63, 3.8) is 0 Å². The van der Waals surface area contributed by atoms with Crippen LogP contribution >= 0.6 is 34.2 Å². The molecule has 1 aliphatic rings. The van der Waals surface area contributed by atoms with Crippen molar-refractivity contribution in [3.05, 3.63) is 27.3 Å². The molecule has 6 heteroatoms. The topological polar surface area (TPSA) is 27.1 Å². The van der Waals surface area contributed by atoms with Gasteiger partial charge in [-0.15, -0.1) is 11.6 Å². The van der Waals surface area contributed by atoms with E-state index in [9.17, 15) is 4.39 Å². The summed E-state index contributed by atoms with van der Waals surface area (Å²) in [5.74, 6) is 1.53. The molecular formula is C14H15ClFIN2O. The molecule has 3 rings (SSSR count). The van der Waals surface area contributed by atoms with E-state index in [1.807, 2.05) is 27.2 Å². The van der Waals surface area contributed by atoms with Crippen LogP contribution in [0.2, 0.25) is 0 Å². The Labute approximate surface area is 135 Å². The zero-order valence-electron chi connectivity index (χ0n) is 10.9. The summed E-state index contributed by atoms with van der Waals surface area (Å²) in [6.45, 7) is 2.49. The summed E-state index contributed by atoms with van der Waals surface area (Å²) in [5, 5.41) is 0. The maximum Gasteiger partial charge on any atom is 0.138 e. The highest BCUT2D eigenvalue weighted by Gasteiger charge is 2.18. The van der Waals surface area contributed by atoms with Gasteiger partial charge in [0, 0.05) is 25.8 Å². The van der Waals surface area contributed by atoms with Crippen LogP contribution in [0.3, 0.4) is 0 Å². The van der Waals surface area contributed by atoms with Crippen molar-refractivity contribution in [2.45, 2.75) is 25.3 Å². The van der Waals surface area contributed by atoms with Crippen molar-refractivity contribution in [2.24, 2.45) is 5.92 Å². The van der Waals surface area contributed by atoms with Gasteiger partial charge in [0.15, 0.2) is 0 Å². The number of rotatable bonds is 4. The van der Waals surface area contributed by atoms with Gasteiger partial charge < -0.3 is 9.30 Å². The molecule has 2 aromatic rings. The highest BCUT2D eigenvalue weighted by molar-refractivity contribution is 14.1. The van der Waals surface area contributed by atoms with Crippen LogP contribution in [0.15, 0.2) is 12.1 Å². The molecule has 0 N–H and O–H groups in total. The predicted octanol–water partition coefficient (Wildman–Crippen LogP) is 3.95. The van der Waals surface area contributed by atoms with Crippen LogP contribution in [0.4, 0.5) is 4.39 Å². The van der Waals surface area contributed by atoms with Crippen LogP contribution < -0.4 is 0 Å². The first-order valence-electron chi connectivity index (χ1n) is 6.67. The Morgan fingerprint density at radius 1 is 1.50 bits per heavy atom. The molecule has 0 bridgehead atoms. The normalized spacial score (nSPS) is 19.1. The summed E-state index contributed by atoms with van der Waals surface area (Å²) in [7, 11) is 0. The molecule has 1 aromatic heterocycles. The summed E-state index contributed by atoms with van der Waals surface area (Å²) < 4.78 is 21.8. The molecule has 0 saturated carbocycles. The molecule has 0 spiro atoms. The molecule has 1 aliphatic heterocycles. The van der Waals surface area contributed by atoms with E-state index < -0.39 is 0 Å². The number of benzene rings is 1. The maximum absolute atomic E-state index is 13.8. The van der Waals surface area contributed by atoms with Crippen molar-refractivity contribution < 1.29 is 9.13 Å². The van der Waals surface area contributed by atoms with Crippen molar-refractivity contribution in [3.8, 4) is 0 Å². The summed E-state index contributed by atoms with van der Waals surface area (Å²) >= 11 is 7.96. The highest BCUT2D eigenvalue weighted by atomic mass is 127. The number of ether oxygens (including phenoxy) is 1. The van der Waals surface area contributed by atoms with Crippen LogP contribution in [0.5, 0.6) is 0 Å². The van der Waals surface area contributed by atoms with Crippen LogP contribution in [-0.2, 0) is 17.2 Å². The molecular weight excluding hydrogens is 394 g/mol. The van der Waals surface area contributed by atoms with E-state index in [2.05, 4.69) is 4.98 Å². The second kappa shape index (κ2) is 6.15. The van der Waals surface area contributed by atoms with Crippen LogP contribution in [0.25, 0.3) is 11.0 Å². The minimum atomic E-state index is -0.204. The summed E-state index contributed by atoms with van der Waals surface area (Å²) in [5.41, 5.74) is 1.65. The average Bonchev–Trinajstić information content (AvgIpc) is 3.05. The Hall–Kier alpha value is -0.400. The molecule has 1 unspecified atom stereocenters. The Morgan fingerprint density at radius 3 is 3.05 bits per heavy atom. The zero-order chi connectivity index (χ0) is 14.1. The number of nitrogens with zero attached hydrogens (tertiary/aromatic N) is 2. The number of aryl methyl sites for hydroxylation is 1. The van der Waals surface area contributed by atoms with Gasteiger partial charge in [-0.1, -0.05) is 0 Å². The van der Waals surface area contributed by atoms with Gasteiger partial charge in [0.2, 0.25) is 0 Å². The Kier molecular flexibility index (Phi) is 4.47. The van der Waals surface area contributed by atoms with Gasteiger partial charge in [-0.05, 0) is 47.4 Å². The fourth-order valence-electron chi connectivity index (χ4n) is 2.64. The quantitative estimate of drug-likeness (QED) is 0.566. The average molecular weight is 409 g/mol. The molecule has 108 valence electrons. The van der Waals surface area contributed by atoms with Gasteiger partial charge in [-0.3, -0.25) is 0 Å². The molecule has 3 nitrogen and oxygen atoms in total. The summed E-state index contributed by atoms with van der Waals surface area (Å²) in [6.07, 6.45) is 2.12. The lowest BCUT2D eigenvalue weighted by Crippen LogP contribution is -2.08. The van der Waals surface area contributed by atoms with Gasteiger partial charge in [0.05, 0.1) is 20.5 Å². The molecule has 0 amide bonds. The van der Waals surface area contributed by atoms with Crippen LogP contribution in [0.1, 0.15) is 18.7 Å². The number of hydrogen-bond acceptors (Lipinski definition) is 2. The second-order valence-corrected chi connectivity index (χ2v) is 6.52. The lowest BCUT2D eigenvalue weighted by atomic mass is 10.1. The molecule has 2 heterocycles. The maximum atomic E-state index is 13.8. The third kappa shape index (κ3) is 2.80. The van der Waals surface area contributed by atoms with E-state index in [1.54, 1.807) is 12.1 Å². The number of hydrogen-bond donors (Lipinski definition) is 0. The molecule has 0 radical (unpaired) electrons. The van der Waals surface area contributed by atoms with E-state index in [4.69, 9.17) is 16.3 Å². The Morgan fingerprint density at radius 2 is 2.35 bits per heavy atom. The molecule has 1 aromatic carbocycles. The molecule has 20 heavy (non-hydrogen) atoms. The van der Waals surface area contributed by atoms with Gasteiger partial charge in [-0.25, -0.2) is 9.37 Å². The number of alkyl halides is 1. The lowest BCUT2D eigenvalue weighted by molar-refractivity contribution is 0.183. The number of halogens is 3. The van der Waals surface area contributed by atoms with E-state index in [1.165, 1.54) is 0 Å². The standard InChI is InChI=1S/C14H15ClFIN2O/c15-7-14-18-12-6-11(17)10(16)5-13(12)19(14)3-1-9-2-4-20-8-9/h5-6,9H,1-4,7-8H2. The largest absolute Gasteiger partial charge is 0.381 e. The number of imidazole rings is 1. The van der Waals surface area contributed by atoms with E-state index in [0.717, 1.165) is 49.5 Å². The predicted molar refractivity (Wildman–Crippen MR) is 85.5 cm³/mol. The molecule has 0 aliphatic carbocycles. The van der Waals surface area contributed by atoms with E-state index in [0.29, 0.717) is 15.4 Å². The second-order valence-electron chi connectivity index (χ2n) is 5.09. The number of aromatic nitrogens is 2. The molecule has 1 saturated heterocycles. The minimum Gasteiger partial charge on any atom is -0.381 e. The third-order valence-electron chi connectivity index (χ3n) is 3.77. The fraction of sp³-hybridized carbons (Fsp3) is 0.500. The molecule has 1 atom stereocenters. The lowest BCUT2D eigenvalue weighted by Gasteiger charge is -2.11. The zero-order valence-corrected chi connectivity index (χ0v) is 13.8. The van der Waals surface area contributed by atoms with Crippen molar-refractivity contribution >= 4 is 45.2 Å². The van der Waals surface area contributed by atoms with Gasteiger partial charge in [0.25, 0.3) is 0 Å². The highest BCUT2D eigenvalue weighted by Crippen LogP contribution is 2.25. The Bertz CT molecular complexity index is 625. The Balaban J connectivity index is 1.92. The number of fused-ring (bicyclic) bond motifs is 1. The van der Waals surface area contributed by atoms with Crippen molar-refractivity contribution in [2.75, 3.05) is 13.2 Å². The third-order valence-corrected chi connectivity index (χ3v) is 4.84. The van der Waals surface area contributed by atoms with Gasteiger partial charge >= 0.3 is 0 Å². The first-order chi connectivity index (χ1) is 9.69. The van der Waals surface area contributed by atoms with Gasteiger partial charge in [0.1, 0.15) is 11.6 Å². The minimum absolute atomic E-state index is 0.204. The van der Waals surface area contributed by atoms with E-state index >= 15 is 0 Å². The van der Waals surface area contributed by atoms with Crippen LogP contribution in [0, 0.1) is 15.3 Å². The van der Waals surface area contributed by atoms with Crippen molar-refractivity contribution in [1.29, 1.82) is 0 Å². The summed E-state index contributed by atoms with van der Waals surface area (Å²) in [4.78, 5) is 4.51. The fourth-order valence-corrected chi connectivity index (χ4v) is 3.30. The smallest absolute Gasteiger partial charge is 0.138 e. The van der Waals surface area contributed by atoms with Gasteiger partial charge in [-0.2, -0.15) is 0 Å². The van der Waals surface area contributed by atoms with Crippen molar-refractivity contribution in [1.82, 2.24) is 9.55 Å². The van der Waals surface area contributed by atoms with E-state index in [-0.39, 0.29) is 5.82 Å². The summed E-state index contributed by atoms with van der Waals surface area (Å²) in [6, 6.07) is 3.34. The SMILES string of the molecule is Fc1cc2c(cc1I)nc(CCl)n2CCC1CCOC1. The monoisotopic (exact) mass is 408 g/mol.